The number of hydrogen-bond donors (Lipinski definition) is 0. The molecule has 2 aliphatic rings. The van der Waals surface area contributed by atoms with Crippen LogP contribution in [-0.2, 0) is 21.2 Å². The van der Waals surface area contributed by atoms with E-state index in [0.29, 0.717) is 30.8 Å². The summed E-state index contributed by atoms with van der Waals surface area (Å²) < 4.78 is 27.9. The largest absolute Gasteiger partial charge is 0.339 e. The Balaban J connectivity index is 1.40. The van der Waals surface area contributed by atoms with Crippen LogP contribution >= 0.6 is 11.6 Å². The van der Waals surface area contributed by atoms with Gasteiger partial charge in [-0.25, -0.2) is 8.42 Å². The Hall–Kier alpha value is -1.89. The van der Waals surface area contributed by atoms with Crippen molar-refractivity contribution in [2.24, 2.45) is 5.92 Å². The predicted octanol–water partition coefficient (Wildman–Crippen LogP) is 4.59. The Morgan fingerprint density at radius 3 is 2.44 bits per heavy atom. The lowest BCUT2D eigenvalue weighted by molar-refractivity contribution is -0.137. The molecule has 2 saturated heterocycles. The molecule has 7 heteroatoms. The minimum atomic E-state index is -3.54. The van der Waals surface area contributed by atoms with Crippen molar-refractivity contribution in [3.63, 3.8) is 0 Å². The van der Waals surface area contributed by atoms with Crippen molar-refractivity contribution in [3.05, 3.63) is 64.2 Å². The summed E-state index contributed by atoms with van der Waals surface area (Å²) in [6.07, 6.45) is 3.89. The second-order valence-electron chi connectivity index (χ2n) is 9.07. The highest BCUT2D eigenvalue weighted by molar-refractivity contribution is 7.89. The van der Waals surface area contributed by atoms with Gasteiger partial charge >= 0.3 is 0 Å². The van der Waals surface area contributed by atoms with Crippen LogP contribution in [0.1, 0.15) is 42.4 Å². The average Bonchev–Trinajstić information content (AvgIpc) is 3.23. The van der Waals surface area contributed by atoms with Gasteiger partial charge in [0.15, 0.2) is 0 Å². The van der Waals surface area contributed by atoms with Gasteiger partial charge in [0.1, 0.15) is 0 Å². The molecule has 5 nitrogen and oxygen atoms in total. The number of sulfonamides is 1. The molecule has 2 aliphatic heterocycles. The minimum Gasteiger partial charge on any atom is -0.339 e. The van der Waals surface area contributed by atoms with Gasteiger partial charge in [0.25, 0.3) is 0 Å². The van der Waals surface area contributed by atoms with Crippen LogP contribution in [0.3, 0.4) is 0 Å². The zero-order chi connectivity index (χ0) is 22.9. The standard InChI is InChI=1S/C25H31ClN2O3S/c1-18-9-10-24(19(2)16-18)32(30,31)27-14-11-20(12-15-27)25(29)28-13-5-7-22(28)17-21-6-3-4-8-23(21)26/h3-4,6,8-10,16,20,22H,5,7,11-15,17H2,1-2H3. The van der Waals surface area contributed by atoms with Crippen LogP contribution in [0, 0.1) is 19.8 Å². The van der Waals surface area contributed by atoms with Gasteiger partial charge in [-0.15, -0.1) is 0 Å². The first-order chi connectivity index (χ1) is 15.3. The molecule has 0 saturated carbocycles. The lowest BCUT2D eigenvalue weighted by Crippen LogP contribution is -2.46. The maximum absolute atomic E-state index is 13.3. The molecule has 1 atom stereocenters. The van der Waals surface area contributed by atoms with E-state index in [0.717, 1.165) is 47.5 Å². The van der Waals surface area contributed by atoms with E-state index in [1.807, 2.05) is 55.1 Å². The maximum atomic E-state index is 13.3. The quantitative estimate of drug-likeness (QED) is 0.636. The molecule has 2 aromatic carbocycles. The van der Waals surface area contributed by atoms with Crippen LogP contribution in [0.5, 0.6) is 0 Å². The summed E-state index contributed by atoms with van der Waals surface area (Å²) in [6.45, 7) is 5.33. The lowest BCUT2D eigenvalue weighted by Gasteiger charge is -2.34. The molecule has 0 bridgehead atoms. The predicted molar refractivity (Wildman–Crippen MR) is 127 cm³/mol. The molecule has 2 fully saturated rings. The number of aryl methyl sites for hydroxylation is 2. The number of benzene rings is 2. The summed E-state index contributed by atoms with van der Waals surface area (Å²) in [5.74, 6) is 0.0514. The molecule has 0 aliphatic carbocycles. The summed E-state index contributed by atoms with van der Waals surface area (Å²) >= 11 is 6.34. The van der Waals surface area contributed by atoms with E-state index in [-0.39, 0.29) is 17.9 Å². The van der Waals surface area contributed by atoms with Gasteiger partial charge in [-0.05, 0) is 69.2 Å². The third-order valence-corrected chi connectivity index (χ3v) is 9.25. The third-order valence-electron chi connectivity index (χ3n) is 6.83. The fourth-order valence-electron chi connectivity index (χ4n) is 5.06. The van der Waals surface area contributed by atoms with Crippen LogP contribution in [0.2, 0.25) is 5.02 Å². The van der Waals surface area contributed by atoms with Crippen molar-refractivity contribution in [2.75, 3.05) is 19.6 Å². The summed E-state index contributed by atoms with van der Waals surface area (Å²) in [5.41, 5.74) is 2.89. The maximum Gasteiger partial charge on any atom is 0.243 e. The molecule has 32 heavy (non-hydrogen) atoms. The highest BCUT2D eigenvalue weighted by Gasteiger charge is 2.37. The van der Waals surface area contributed by atoms with Crippen molar-refractivity contribution >= 4 is 27.5 Å². The third kappa shape index (κ3) is 4.73. The number of halogens is 1. The van der Waals surface area contributed by atoms with Gasteiger partial charge in [0, 0.05) is 36.6 Å². The van der Waals surface area contributed by atoms with Gasteiger partial charge in [-0.2, -0.15) is 4.31 Å². The van der Waals surface area contributed by atoms with Crippen LogP contribution in [0.25, 0.3) is 0 Å². The van der Waals surface area contributed by atoms with Gasteiger partial charge in [0.05, 0.1) is 4.90 Å². The number of rotatable bonds is 5. The Morgan fingerprint density at radius 1 is 1.03 bits per heavy atom. The summed E-state index contributed by atoms with van der Waals surface area (Å²) in [6, 6.07) is 13.4. The van der Waals surface area contributed by atoms with E-state index in [9.17, 15) is 13.2 Å². The molecule has 0 aromatic heterocycles. The minimum absolute atomic E-state index is 0.118. The van der Waals surface area contributed by atoms with Crippen molar-refractivity contribution < 1.29 is 13.2 Å². The highest BCUT2D eigenvalue weighted by atomic mass is 35.5. The van der Waals surface area contributed by atoms with E-state index in [1.54, 1.807) is 10.4 Å². The molecular formula is C25H31ClN2O3S. The van der Waals surface area contributed by atoms with E-state index < -0.39 is 10.0 Å². The summed E-state index contributed by atoms with van der Waals surface area (Å²) in [7, 11) is -3.54. The first-order valence-electron chi connectivity index (χ1n) is 11.4. The second kappa shape index (κ2) is 9.54. The normalized spacial score (nSPS) is 20.6. The molecule has 172 valence electrons. The first-order valence-corrected chi connectivity index (χ1v) is 13.2. The topological polar surface area (TPSA) is 57.7 Å². The summed E-state index contributed by atoms with van der Waals surface area (Å²) in [4.78, 5) is 15.7. The van der Waals surface area contributed by atoms with Crippen molar-refractivity contribution in [2.45, 2.75) is 56.9 Å². The molecular weight excluding hydrogens is 444 g/mol. The first kappa shape index (κ1) is 23.3. The molecule has 2 aromatic rings. The van der Waals surface area contributed by atoms with E-state index >= 15 is 0 Å². The monoisotopic (exact) mass is 474 g/mol. The number of nitrogens with zero attached hydrogens (tertiary/aromatic N) is 2. The van der Waals surface area contributed by atoms with Crippen molar-refractivity contribution in [1.29, 1.82) is 0 Å². The molecule has 0 spiro atoms. The number of piperidine rings is 1. The molecule has 2 heterocycles. The summed E-state index contributed by atoms with van der Waals surface area (Å²) in [5, 5.41) is 0.747. The van der Waals surface area contributed by atoms with Gasteiger partial charge in [-0.1, -0.05) is 47.5 Å². The zero-order valence-corrected chi connectivity index (χ0v) is 20.3. The molecule has 4 rings (SSSR count). The fraction of sp³-hybridized carbons (Fsp3) is 0.480. The van der Waals surface area contributed by atoms with Crippen LogP contribution < -0.4 is 0 Å². The number of amides is 1. The van der Waals surface area contributed by atoms with Gasteiger partial charge < -0.3 is 4.90 Å². The number of carbonyl (C=O) groups excluding carboxylic acids is 1. The Labute approximate surface area is 196 Å². The van der Waals surface area contributed by atoms with Crippen LogP contribution in [0.15, 0.2) is 47.4 Å². The zero-order valence-electron chi connectivity index (χ0n) is 18.8. The number of carbonyl (C=O) groups is 1. The molecule has 1 unspecified atom stereocenters. The number of hydrogen-bond acceptors (Lipinski definition) is 3. The Kier molecular flexibility index (Phi) is 6.94. The van der Waals surface area contributed by atoms with Gasteiger partial charge in [-0.3, -0.25) is 4.79 Å². The lowest BCUT2D eigenvalue weighted by atomic mass is 9.95. The second-order valence-corrected chi connectivity index (χ2v) is 11.4. The SMILES string of the molecule is Cc1ccc(S(=O)(=O)N2CCC(C(=O)N3CCCC3Cc3ccccc3Cl)CC2)c(C)c1. The number of likely N-dealkylation sites (tertiary alicyclic amines) is 1. The van der Waals surface area contributed by atoms with E-state index in [4.69, 9.17) is 11.6 Å². The molecule has 0 radical (unpaired) electrons. The van der Waals surface area contributed by atoms with Crippen molar-refractivity contribution in [3.8, 4) is 0 Å². The van der Waals surface area contributed by atoms with Crippen molar-refractivity contribution in [1.82, 2.24) is 9.21 Å². The van der Waals surface area contributed by atoms with E-state index in [2.05, 4.69) is 0 Å². The smallest absolute Gasteiger partial charge is 0.243 e. The fourth-order valence-corrected chi connectivity index (χ4v) is 6.95. The van der Waals surface area contributed by atoms with Crippen LogP contribution in [-0.4, -0.2) is 49.2 Å². The van der Waals surface area contributed by atoms with E-state index in [1.165, 1.54) is 0 Å². The molecule has 0 N–H and O–H groups in total. The molecule has 1 amide bonds. The average molecular weight is 475 g/mol. The van der Waals surface area contributed by atoms with Crippen LogP contribution in [0.4, 0.5) is 0 Å². The Morgan fingerprint density at radius 2 is 1.75 bits per heavy atom. The van der Waals surface area contributed by atoms with Gasteiger partial charge in [0.2, 0.25) is 15.9 Å². The Bertz CT molecular complexity index is 1090. The highest BCUT2D eigenvalue weighted by Crippen LogP contribution is 2.31.